The van der Waals surface area contributed by atoms with Crippen LogP contribution in [-0.4, -0.2) is 77.5 Å². The third-order valence-electron chi connectivity index (χ3n) is 8.60. The molecule has 2 heterocycles. The van der Waals surface area contributed by atoms with Crippen molar-refractivity contribution < 1.29 is 21.6 Å². The Kier molecular flexibility index (Phi) is 8.27. The summed E-state index contributed by atoms with van der Waals surface area (Å²) in [5, 5.41) is 2.81. The maximum Gasteiger partial charge on any atom is 0.257 e. The molecule has 0 unspecified atom stereocenters. The van der Waals surface area contributed by atoms with Crippen LogP contribution in [0.4, 0.5) is 11.4 Å². The fourth-order valence-corrected chi connectivity index (χ4v) is 7.86. The van der Waals surface area contributed by atoms with Gasteiger partial charge in [0, 0.05) is 51.5 Å². The molecule has 3 N–H and O–H groups in total. The fraction of sp³-hybridized carbons (Fsp3) is 0.536. The predicted molar refractivity (Wildman–Crippen MR) is 156 cm³/mol. The lowest BCUT2D eigenvalue weighted by Gasteiger charge is -2.39. The second-order valence-electron chi connectivity index (χ2n) is 11.4. The highest BCUT2D eigenvalue weighted by Crippen LogP contribution is 2.39. The molecule has 10 nitrogen and oxygen atoms in total. The Labute approximate surface area is 237 Å². The number of likely N-dealkylation sites (tertiary alicyclic amines) is 1. The van der Waals surface area contributed by atoms with Gasteiger partial charge in [-0.15, -0.1) is 0 Å². The van der Waals surface area contributed by atoms with E-state index < -0.39 is 26.0 Å². The molecule has 2 aromatic rings. The Bertz CT molecular complexity index is 1440. The molecule has 0 spiro atoms. The topological polar surface area (TPSA) is 133 Å². The van der Waals surface area contributed by atoms with E-state index in [0.717, 1.165) is 48.0 Å². The van der Waals surface area contributed by atoms with Crippen molar-refractivity contribution in [2.75, 3.05) is 49.1 Å². The predicted octanol–water partition coefficient (Wildman–Crippen LogP) is 2.68. The van der Waals surface area contributed by atoms with Crippen LogP contribution in [0.2, 0.25) is 0 Å². The highest BCUT2D eigenvalue weighted by Gasteiger charge is 2.34. The Morgan fingerprint density at radius 2 is 1.60 bits per heavy atom. The molecule has 3 fully saturated rings. The lowest BCUT2D eigenvalue weighted by atomic mass is 9.72. The third kappa shape index (κ3) is 6.20. The zero-order chi connectivity index (χ0) is 28.7. The van der Waals surface area contributed by atoms with Gasteiger partial charge < -0.3 is 11.1 Å². The molecule has 12 heteroatoms. The largest absolute Gasteiger partial charge is 0.325 e. The fourth-order valence-electron chi connectivity index (χ4n) is 5.87. The monoisotopic (exact) mass is 589 g/mol. The normalized spacial score (nSPS) is 20.1. The molecule has 0 radical (unpaired) electrons. The number of hydrogen-bond donors (Lipinski definition) is 2. The Balaban J connectivity index is 1.29. The first-order valence-corrected chi connectivity index (χ1v) is 17.2. The van der Waals surface area contributed by atoms with E-state index in [1.54, 1.807) is 28.6 Å². The van der Waals surface area contributed by atoms with E-state index in [-0.39, 0.29) is 22.2 Å². The number of nitrogens with zero attached hydrogens (tertiary/aromatic N) is 3. The van der Waals surface area contributed by atoms with Gasteiger partial charge in [-0.25, -0.2) is 16.8 Å². The first-order valence-electron chi connectivity index (χ1n) is 13.9. The number of hydrogen-bond acceptors (Lipinski definition) is 7. The molecule has 1 saturated carbocycles. The van der Waals surface area contributed by atoms with Crippen molar-refractivity contribution in [1.82, 2.24) is 9.21 Å². The van der Waals surface area contributed by atoms with E-state index in [1.165, 1.54) is 38.4 Å². The molecular formula is C28H39N5O5S2. The zero-order valence-corrected chi connectivity index (χ0v) is 24.8. The number of nitrogens with one attached hydrogen (secondary N) is 1. The molecule has 0 bridgehead atoms. The number of amides is 1. The summed E-state index contributed by atoms with van der Waals surface area (Å²) in [5.74, 6) is 0.910. The SMILES string of the molecule is CN(c1ccc(CN2CC(N)C2)cc1C(=O)Nc1ccc(S(=O)(=O)N2CCC(C3CCC3)CC2)cc1)S(C)(=O)=O. The minimum Gasteiger partial charge on any atom is -0.325 e. The average Bonchev–Trinajstić information content (AvgIpc) is 2.86. The van der Waals surface area contributed by atoms with Gasteiger partial charge in [-0.1, -0.05) is 25.3 Å². The molecule has 1 amide bonds. The summed E-state index contributed by atoms with van der Waals surface area (Å²) in [6.07, 6.45) is 6.74. The molecule has 2 aliphatic heterocycles. The van der Waals surface area contributed by atoms with Gasteiger partial charge in [0.1, 0.15) is 0 Å². The lowest BCUT2D eigenvalue weighted by molar-refractivity contribution is 0.102. The van der Waals surface area contributed by atoms with Gasteiger partial charge in [-0.3, -0.25) is 14.0 Å². The molecule has 218 valence electrons. The summed E-state index contributed by atoms with van der Waals surface area (Å²) >= 11 is 0. The highest BCUT2D eigenvalue weighted by molar-refractivity contribution is 7.92. The summed E-state index contributed by atoms with van der Waals surface area (Å²) in [6.45, 7) is 3.21. The molecule has 3 aliphatic rings. The van der Waals surface area contributed by atoms with Crippen molar-refractivity contribution in [1.29, 1.82) is 0 Å². The van der Waals surface area contributed by atoms with Crippen LogP contribution in [0.1, 0.15) is 48.0 Å². The van der Waals surface area contributed by atoms with E-state index in [1.807, 2.05) is 6.07 Å². The Hall–Kier alpha value is -2.51. The summed E-state index contributed by atoms with van der Waals surface area (Å²) in [5.41, 5.74) is 7.63. The van der Waals surface area contributed by atoms with Gasteiger partial charge in [-0.05, 0) is 66.6 Å². The third-order valence-corrected chi connectivity index (χ3v) is 11.7. The Morgan fingerprint density at radius 3 is 2.15 bits per heavy atom. The maximum absolute atomic E-state index is 13.4. The van der Waals surface area contributed by atoms with Crippen molar-refractivity contribution >= 4 is 37.3 Å². The van der Waals surface area contributed by atoms with E-state index in [2.05, 4.69) is 10.2 Å². The van der Waals surface area contributed by atoms with Crippen LogP contribution in [0.15, 0.2) is 47.4 Å². The molecule has 5 rings (SSSR count). The number of piperidine rings is 1. The van der Waals surface area contributed by atoms with Gasteiger partial charge in [0.15, 0.2) is 0 Å². The van der Waals surface area contributed by atoms with Gasteiger partial charge >= 0.3 is 0 Å². The van der Waals surface area contributed by atoms with E-state index in [0.29, 0.717) is 31.2 Å². The van der Waals surface area contributed by atoms with Gasteiger partial charge in [0.05, 0.1) is 22.4 Å². The molecular weight excluding hydrogens is 550 g/mol. The quantitative estimate of drug-likeness (QED) is 0.460. The van der Waals surface area contributed by atoms with E-state index in [4.69, 9.17) is 5.73 Å². The van der Waals surface area contributed by atoms with Crippen LogP contribution < -0.4 is 15.4 Å². The van der Waals surface area contributed by atoms with Crippen LogP contribution in [0.3, 0.4) is 0 Å². The van der Waals surface area contributed by atoms with Crippen LogP contribution in [0, 0.1) is 11.8 Å². The summed E-state index contributed by atoms with van der Waals surface area (Å²) in [4.78, 5) is 15.7. The van der Waals surface area contributed by atoms with Crippen LogP contribution in [0.5, 0.6) is 0 Å². The molecule has 0 aromatic heterocycles. The van der Waals surface area contributed by atoms with E-state index >= 15 is 0 Å². The number of sulfonamides is 2. The molecule has 40 heavy (non-hydrogen) atoms. The second-order valence-corrected chi connectivity index (χ2v) is 15.4. The van der Waals surface area contributed by atoms with Crippen molar-refractivity contribution in [2.45, 2.75) is 49.6 Å². The standard InChI is InChI=1S/C28H39N5O5S2/c1-31(39(2,35)36)27-11-6-20(17-32-18-23(29)19-32)16-26(27)28(34)30-24-7-9-25(10-8-24)40(37,38)33-14-12-22(13-15-33)21-4-3-5-21/h6-11,16,21-23H,3-5,12-15,17-19,29H2,1-2H3,(H,30,34). The van der Waals surface area contributed by atoms with Gasteiger partial charge in [-0.2, -0.15) is 4.31 Å². The average molecular weight is 590 g/mol. The number of benzene rings is 2. The highest BCUT2D eigenvalue weighted by atomic mass is 32.2. The van der Waals surface area contributed by atoms with Crippen LogP contribution in [-0.2, 0) is 26.6 Å². The van der Waals surface area contributed by atoms with Gasteiger partial charge in [0.2, 0.25) is 20.0 Å². The minimum atomic E-state index is -3.62. The molecule has 2 aromatic carbocycles. The Morgan fingerprint density at radius 1 is 0.975 bits per heavy atom. The van der Waals surface area contributed by atoms with Crippen molar-refractivity contribution in [2.24, 2.45) is 17.6 Å². The molecule has 2 saturated heterocycles. The summed E-state index contributed by atoms with van der Waals surface area (Å²) < 4.78 is 53.7. The second kappa shape index (κ2) is 11.4. The summed E-state index contributed by atoms with van der Waals surface area (Å²) in [6, 6.07) is 11.4. The number of rotatable bonds is 9. The maximum atomic E-state index is 13.4. The first-order chi connectivity index (χ1) is 18.9. The number of carbonyl (C=O) groups is 1. The minimum absolute atomic E-state index is 0.143. The van der Waals surface area contributed by atoms with Crippen LogP contribution in [0.25, 0.3) is 0 Å². The zero-order valence-electron chi connectivity index (χ0n) is 23.1. The molecule has 1 aliphatic carbocycles. The van der Waals surface area contributed by atoms with Crippen LogP contribution >= 0.6 is 0 Å². The number of nitrogens with two attached hydrogens (primary N) is 1. The first kappa shape index (κ1) is 29.0. The van der Waals surface area contributed by atoms with Gasteiger partial charge in [0.25, 0.3) is 5.91 Å². The summed E-state index contributed by atoms with van der Waals surface area (Å²) in [7, 11) is -5.81. The van der Waals surface area contributed by atoms with Crippen molar-refractivity contribution in [3.63, 3.8) is 0 Å². The van der Waals surface area contributed by atoms with Crippen molar-refractivity contribution in [3.05, 3.63) is 53.6 Å². The number of carbonyl (C=O) groups excluding carboxylic acids is 1. The molecule has 0 atom stereocenters. The number of anilines is 2. The van der Waals surface area contributed by atoms with E-state index in [9.17, 15) is 21.6 Å². The lowest BCUT2D eigenvalue weighted by Crippen LogP contribution is -2.54. The van der Waals surface area contributed by atoms with Crippen molar-refractivity contribution in [3.8, 4) is 0 Å². The smallest absolute Gasteiger partial charge is 0.257 e.